The summed E-state index contributed by atoms with van der Waals surface area (Å²) in [5.41, 5.74) is 0.749. The van der Waals surface area contributed by atoms with Gasteiger partial charge in [0.2, 0.25) is 5.91 Å². The maximum Gasteiger partial charge on any atom is 0.410 e. The maximum atomic E-state index is 13.3. The van der Waals surface area contributed by atoms with Crippen molar-refractivity contribution in [2.24, 2.45) is 0 Å². The quantitative estimate of drug-likeness (QED) is 0.235. The summed E-state index contributed by atoms with van der Waals surface area (Å²) in [4.78, 5) is 56.3. The third-order valence-electron chi connectivity index (χ3n) is 7.68. The van der Waals surface area contributed by atoms with Gasteiger partial charge in [-0.05, 0) is 76.3 Å². The highest BCUT2D eigenvalue weighted by atomic mass is 28.3. The largest absolute Gasteiger partial charge is 0.491 e. The summed E-state index contributed by atoms with van der Waals surface area (Å²) in [5.74, 6) is -0.258. The molecule has 10 nitrogen and oxygen atoms in total. The molecular formula is C30H45N3O7Si. The number of piperidine rings is 2. The second-order valence-corrected chi connectivity index (χ2v) is 19.1. The highest BCUT2D eigenvalue weighted by Crippen LogP contribution is 2.32. The highest BCUT2D eigenvalue weighted by Gasteiger charge is 2.43. The second kappa shape index (κ2) is 12.5. The first-order valence-corrected chi connectivity index (χ1v) is 18.4. The molecule has 3 aliphatic rings. The van der Waals surface area contributed by atoms with Gasteiger partial charge >= 0.3 is 6.09 Å². The van der Waals surface area contributed by atoms with Crippen molar-refractivity contribution in [3.63, 3.8) is 0 Å². The summed E-state index contributed by atoms with van der Waals surface area (Å²) in [6.45, 7) is 14.0. The first-order valence-electron chi connectivity index (χ1n) is 14.7. The van der Waals surface area contributed by atoms with Crippen LogP contribution in [0, 0.1) is 0 Å². The molecule has 0 radical (unpaired) electrons. The Morgan fingerprint density at radius 3 is 2.54 bits per heavy atom. The fraction of sp³-hybridized carbons (Fsp3) is 0.667. The number of benzene rings is 1. The lowest BCUT2D eigenvalue weighted by molar-refractivity contribution is -0.158. The Morgan fingerprint density at radius 2 is 1.83 bits per heavy atom. The van der Waals surface area contributed by atoms with Gasteiger partial charge in [0.15, 0.2) is 0 Å². The molecule has 3 aliphatic heterocycles. The molecule has 0 aromatic heterocycles. The molecule has 0 saturated carbocycles. The van der Waals surface area contributed by atoms with E-state index in [-0.39, 0.29) is 49.6 Å². The van der Waals surface area contributed by atoms with Crippen LogP contribution in [0.4, 0.5) is 4.79 Å². The minimum Gasteiger partial charge on any atom is -0.491 e. The van der Waals surface area contributed by atoms with Crippen molar-refractivity contribution >= 4 is 31.9 Å². The van der Waals surface area contributed by atoms with Crippen LogP contribution in [0.25, 0.3) is 0 Å². The van der Waals surface area contributed by atoms with Gasteiger partial charge in [0.25, 0.3) is 11.8 Å². The number of ether oxygens (including phenoxy) is 3. The van der Waals surface area contributed by atoms with Crippen LogP contribution in [0.15, 0.2) is 18.2 Å². The van der Waals surface area contributed by atoms with Crippen molar-refractivity contribution in [3.8, 4) is 5.75 Å². The summed E-state index contributed by atoms with van der Waals surface area (Å²) in [6.07, 6.45) is 2.94. The molecule has 2 fully saturated rings. The summed E-state index contributed by atoms with van der Waals surface area (Å²) >= 11 is 0. The molecule has 2 atom stereocenters. The van der Waals surface area contributed by atoms with E-state index in [0.29, 0.717) is 37.5 Å². The smallest absolute Gasteiger partial charge is 0.410 e. The van der Waals surface area contributed by atoms with Crippen molar-refractivity contribution < 1.29 is 33.4 Å². The van der Waals surface area contributed by atoms with Crippen LogP contribution >= 0.6 is 0 Å². The Bertz CT molecular complexity index is 1160. The third-order valence-corrected chi connectivity index (χ3v) is 9.39. The molecule has 11 heteroatoms. The molecule has 226 valence electrons. The van der Waals surface area contributed by atoms with Crippen LogP contribution in [0.5, 0.6) is 5.75 Å². The lowest BCUT2D eigenvalue weighted by atomic mass is 10.0. The van der Waals surface area contributed by atoms with Gasteiger partial charge in [-0.2, -0.15) is 0 Å². The zero-order chi connectivity index (χ0) is 29.9. The molecule has 1 aromatic carbocycles. The second-order valence-electron chi connectivity index (χ2n) is 13.4. The Balaban J connectivity index is 1.37. The van der Waals surface area contributed by atoms with Crippen molar-refractivity contribution in [3.05, 3.63) is 29.3 Å². The van der Waals surface area contributed by atoms with E-state index in [1.165, 1.54) is 0 Å². The van der Waals surface area contributed by atoms with Crippen molar-refractivity contribution in [2.75, 3.05) is 26.5 Å². The zero-order valence-electron chi connectivity index (χ0n) is 25.4. The molecule has 1 aromatic rings. The predicted octanol–water partition coefficient (Wildman–Crippen LogP) is 4.64. The number of carbonyl (C=O) groups excluding carboxylic acids is 4. The number of imide groups is 1. The van der Waals surface area contributed by atoms with Crippen LogP contribution in [0.1, 0.15) is 68.8 Å². The monoisotopic (exact) mass is 587 g/mol. The number of rotatable bonds is 9. The van der Waals surface area contributed by atoms with E-state index in [9.17, 15) is 19.2 Å². The van der Waals surface area contributed by atoms with Crippen molar-refractivity contribution in [1.29, 1.82) is 0 Å². The number of nitrogens with zero attached hydrogens (tertiary/aromatic N) is 3. The maximum absolute atomic E-state index is 13.3. The number of carbonyl (C=O) groups is 4. The van der Waals surface area contributed by atoms with E-state index in [1.807, 2.05) is 26.8 Å². The average molecular weight is 588 g/mol. The van der Waals surface area contributed by atoms with Crippen LogP contribution in [0.3, 0.4) is 0 Å². The fourth-order valence-electron chi connectivity index (χ4n) is 5.37. The van der Waals surface area contributed by atoms with Gasteiger partial charge in [-0.3, -0.25) is 19.3 Å². The molecule has 4 rings (SSSR count). The molecule has 41 heavy (non-hydrogen) atoms. The normalized spacial score (nSPS) is 21.8. The Morgan fingerprint density at radius 1 is 1.07 bits per heavy atom. The molecule has 2 saturated heterocycles. The standard InChI is InChI=1S/C30H45N3O7Si/c1-30(2,3)40-29(37)31-14-8-7-9-22(31)19-39-23-10-11-24-21(17-23)18-32(27(24)35)25-12-13-26(34)33(28(25)36)20-38-15-16-41(4,5)6/h10-11,17,22,25H,7-9,12-16,18-20H2,1-6H3. The first-order chi connectivity index (χ1) is 19.2. The number of amides is 4. The number of hydrogen-bond donors (Lipinski definition) is 0. The summed E-state index contributed by atoms with van der Waals surface area (Å²) in [6, 6.07) is 5.46. The molecule has 0 spiro atoms. The van der Waals surface area contributed by atoms with E-state index in [4.69, 9.17) is 14.2 Å². The van der Waals surface area contributed by atoms with Crippen LogP contribution in [0.2, 0.25) is 25.7 Å². The summed E-state index contributed by atoms with van der Waals surface area (Å²) in [5, 5.41) is 0. The van der Waals surface area contributed by atoms with Gasteiger partial charge in [0.1, 0.15) is 30.7 Å². The van der Waals surface area contributed by atoms with Crippen LogP contribution in [-0.4, -0.2) is 90.8 Å². The van der Waals surface area contributed by atoms with E-state index < -0.39 is 19.7 Å². The fourth-order valence-corrected chi connectivity index (χ4v) is 6.13. The van der Waals surface area contributed by atoms with Gasteiger partial charge in [-0.25, -0.2) is 4.79 Å². The number of likely N-dealkylation sites (tertiary alicyclic amines) is 2. The molecule has 0 aliphatic carbocycles. The molecule has 3 heterocycles. The topological polar surface area (TPSA) is 106 Å². The van der Waals surface area contributed by atoms with E-state index in [2.05, 4.69) is 19.6 Å². The Labute approximate surface area is 244 Å². The minimum atomic E-state index is -1.30. The van der Waals surface area contributed by atoms with Crippen molar-refractivity contribution in [1.82, 2.24) is 14.7 Å². The number of fused-ring (bicyclic) bond motifs is 1. The lowest BCUT2D eigenvalue weighted by Gasteiger charge is -2.36. The van der Waals surface area contributed by atoms with Crippen LogP contribution in [-0.2, 0) is 25.6 Å². The van der Waals surface area contributed by atoms with Gasteiger partial charge in [0.05, 0.1) is 6.04 Å². The van der Waals surface area contributed by atoms with E-state index >= 15 is 0 Å². The molecule has 0 N–H and O–H groups in total. The van der Waals surface area contributed by atoms with E-state index in [1.54, 1.807) is 21.9 Å². The predicted molar refractivity (Wildman–Crippen MR) is 156 cm³/mol. The van der Waals surface area contributed by atoms with Gasteiger partial charge < -0.3 is 24.0 Å². The number of hydrogen-bond acceptors (Lipinski definition) is 7. The third kappa shape index (κ3) is 7.88. The lowest BCUT2D eigenvalue weighted by Crippen LogP contribution is -2.55. The molecule has 4 amide bonds. The molecule has 0 bridgehead atoms. The van der Waals surface area contributed by atoms with Gasteiger partial charge in [0, 0.05) is 39.8 Å². The van der Waals surface area contributed by atoms with Gasteiger partial charge in [-0.15, -0.1) is 0 Å². The van der Waals surface area contributed by atoms with Gasteiger partial charge in [-0.1, -0.05) is 19.6 Å². The first kappa shape index (κ1) is 31.0. The van der Waals surface area contributed by atoms with Crippen LogP contribution < -0.4 is 4.74 Å². The Hall–Kier alpha value is -2.92. The SMILES string of the molecule is CC(C)(C)OC(=O)N1CCCCC1COc1ccc2c(c1)CN(C1CCC(=O)N(COCC[Si](C)(C)C)C1=O)C2=O. The summed E-state index contributed by atoms with van der Waals surface area (Å²) in [7, 11) is -1.30. The molecular weight excluding hydrogens is 542 g/mol. The Kier molecular flexibility index (Phi) is 9.48. The molecule has 2 unspecified atom stereocenters. The summed E-state index contributed by atoms with van der Waals surface area (Å²) < 4.78 is 17.4. The minimum absolute atomic E-state index is 0.0763. The van der Waals surface area contributed by atoms with Crippen molar-refractivity contribution in [2.45, 2.75) is 103 Å². The van der Waals surface area contributed by atoms with E-state index in [0.717, 1.165) is 35.8 Å². The average Bonchev–Trinajstić information content (AvgIpc) is 3.20. The zero-order valence-corrected chi connectivity index (χ0v) is 26.4. The highest BCUT2D eigenvalue weighted by molar-refractivity contribution is 6.76.